The van der Waals surface area contributed by atoms with Crippen molar-refractivity contribution in [3.05, 3.63) is 95.6 Å². The van der Waals surface area contributed by atoms with Gasteiger partial charge in [-0.25, -0.2) is 0 Å². The summed E-state index contributed by atoms with van der Waals surface area (Å²) in [4.78, 5) is 29.0. The molecule has 0 saturated carbocycles. The average molecular weight is 517 g/mol. The molecule has 3 aromatic rings. The van der Waals surface area contributed by atoms with E-state index in [-0.39, 0.29) is 18.2 Å². The minimum Gasteiger partial charge on any atom is -0.497 e. The molecule has 1 atom stereocenters. The third-order valence-corrected chi connectivity index (χ3v) is 6.08. The van der Waals surface area contributed by atoms with Crippen molar-refractivity contribution in [1.29, 1.82) is 0 Å². The van der Waals surface area contributed by atoms with Crippen LogP contribution < -0.4 is 14.8 Å². The molecular formula is C32H40N2O4. The molecule has 0 unspecified atom stereocenters. The van der Waals surface area contributed by atoms with Gasteiger partial charge in [-0.3, -0.25) is 9.59 Å². The van der Waals surface area contributed by atoms with Crippen molar-refractivity contribution >= 4 is 11.8 Å². The highest BCUT2D eigenvalue weighted by molar-refractivity contribution is 5.88. The molecule has 0 spiro atoms. The summed E-state index contributed by atoms with van der Waals surface area (Å²) in [6, 6.07) is 24.6. The van der Waals surface area contributed by atoms with E-state index in [2.05, 4.69) is 5.32 Å². The van der Waals surface area contributed by atoms with Crippen LogP contribution in [0.1, 0.15) is 50.3 Å². The fourth-order valence-electron chi connectivity index (χ4n) is 4.17. The zero-order chi connectivity index (χ0) is 27.5. The molecule has 38 heavy (non-hydrogen) atoms. The SMILES string of the molecule is COc1cccc(CN(C(=O)CCCOc2ccc(C)cc2)[C@H](Cc2ccccc2)C(=O)NC(C)(C)C)c1. The second kappa shape index (κ2) is 13.7. The van der Waals surface area contributed by atoms with Gasteiger partial charge in [-0.05, 0) is 69.5 Å². The third kappa shape index (κ3) is 9.25. The number of ether oxygens (including phenoxy) is 2. The van der Waals surface area contributed by atoms with E-state index >= 15 is 0 Å². The van der Waals surface area contributed by atoms with Crippen molar-refractivity contribution in [2.45, 2.75) is 65.1 Å². The minimum absolute atomic E-state index is 0.0923. The summed E-state index contributed by atoms with van der Waals surface area (Å²) in [7, 11) is 1.62. The topological polar surface area (TPSA) is 67.9 Å². The Balaban J connectivity index is 1.82. The zero-order valence-corrected chi connectivity index (χ0v) is 23.2. The molecule has 0 heterocycles. The van der Waals surface area contributed by atoms with E-state index in [4.69, 9.17) is 9.47 Å². The molecule has 0 aromatic heterocycles. The van der Waals surface area contributed by atoms with E-state index in [1.807, 2.05) is 107 Å². The predicted molar refractivity (Wildman–Crippen MR) is 151 cm³/mol. The maximum Gasteiger partial charge on any atom is 0.243 e. The molecule has 0 saturated heterocycles. The van der Waals surface area contributed by atoms with Gasteiger partial charge < -0.3 is 19.7 Å². The standard InChI is InChI=1S/C32H40N2O4/c1-24-16-18-27(19-17-24)38-20-10-15-30(35)34(23-26-13-9-14-28(21-26)37-5)29(31(36)33-32(2,3)4)22-25-11-7-6-8-12-25/h6-9,11-14,16-19,21,29H,10,15,20,22-23H2,1-5H3,(H,33,36)/t29-/m1/s1. The van der Waals surface area contributed by atoms with Gasteiger partial charge in [-0.1, -0.05) is 60.2 Å². The van der Waals surface area contributed by atoms with E-state index in [1.165, 1.54) is 5.56 Å². The molecule has 0 aliphatic heterocycles. The number of methoxy groups -OCH3 is 1. The Kier molecular flexibility index (Phi) is 10.3. The molecule has 3 rings (SSSR count). The lowest BCUT2D eigenvalue weighted by Gasteiger charge is -2.34. The van der Waals surface area contributed by atoms with Gasteiger partial charge >= 0.3 is 0 Å². The summed E-state index contributed by atoms with van der Waals surface area (Å²) in [5, 5.41) is 3.09. The van der Waals surface area contributed by atoms with E-state index in [0.29, 0.717) is 31.7 Å². The van der Waals surface area contributed by atoms with E-state index < -0.39 is 11.6 Å². The summed E-state index contributed by atoms with van der Waals surface area (Å²) in [5.74, 6) is 1.22. The molecule has 3 aromatic carbocycles. The number of carbonyl (C=O) groups is 2. The number of rotatable bonds is 12. The number of carbonyl (C=O) groups excluding carboxylic acids is 2. The molecule has 1 N–H and O–H groups in total. The summed E-state index contributed by atoms with van der Waals surface area (Å²) < 4.78 is 11.2. The van der Waals surface area contributed by atoms with Crippen LogP contribution in [0.4, 0.5) is 0 Å². The third-order valence-electron chi connectivity index (χ3n) is 6.08. The minimum atomic E-state index is -0.673. The van der Waals surface area contributed by atoms with Crippen molar-refractivity contribution in [3.63, 3.8) is 0 Å². The molecule has 202 valence electrons. The molecule has 6 nitrogen and oxygen atoms in total. The van der Waals surface area contributed by atoms with Crippen LogP contribution in [-0.4, -0.2) is 42.0 Å². The first-order chi connectivity index (χ1) is 18.1. The quantitative estimate of drug-likeness (QED) is 0.313. The lowest BCUT2D eigenvalue weighted by atomic mass is 10.00. The molecular weight excluding hydrogens is 476 g/mol. The van der Waals surface area contributed by atoms with Gasteiger partial charge in [0.05, 0.1) is 13.7 Å². The molecule has 0 aliphatic rings. The van der Waals surface area contributed by atoms with Crippen LogP contribution in [0.2, 0.25) is 0 Å². The number of benzene rings is 3. The number of nitrogens with zero attached hydrogens (tertiary/aromatic N) is 1. The van der Waals surface area contributed by atoms with Crippen LogP contribution >= 0.6 is 0 Å². The van der Waals surface area contributed by atoms with E-state index in [9.17, 15) is 9.59 Å². The van der Waals surface area contributed by atoms with Crippen molar-refractivity contribution in [3.8, 4) is 11.5 Å². The van der Waals surface area contributed by atoms with Crippen LogP contribution in [0.5, 0.6) is 11.5 Å². The molecule has 6 heteroatoms. The van der Waals surface area contributed by atoms with Gasteiger partial charge in [0.1, 0.15) is 17.5 Å². The lowest BCUT2D eigenvalue weighted by molar-refractivity contribution is -0.142. The molecule has 0 radical (unpaired) electrons. The Morgan fingerprint density at radius 1 is 0.895 bits per heavy atom. The zero-order valence-electron chi connectivity index (χ0n) is 23.2. The number of hydrogen-bond acceptors (Lipinski definition) is 4. The van der Waals surface area contributed by atoms with Crippen LogP contribution in [0, 0.1) is 6.92 Å². The maximum absolute atomic E-state index is 13.7. The highest BCUT2D eigenvalue weighted by Crippen LogP contribution is 2.20. The summed E-state index contributed by atoms with van der Waals surface area (Å²) >= 11 is 0. The Labute approximate surface area is 227 Å². The fraction of sp³-hybridized carbons (Fsp3) is 0.375. The average Bonchev–Trinajstić information content (AvgIpc) is 2.89. The smallest absolute Gasteiger partial charge is 0.243 e. The number of nitrogens with one attached hydrogen (secondary N) is 1. The number of amides is 2. The first-order valence-corrected chi connectivity index (χ1v) is 13.1. The highest BCUT2D eigenvalue weighted by Gasteiger charge is 2.32. The van der Waals surface area contributed by atoms with Crippen molar-refractivity contribution < 1.29 is 19.1 Å². The summed E-state index contributed by atoms with van der Waals surface area (Å²) in [6.07, 6.45) is 1.22. The predicted octanol–water partition coefficient (Wildman–Crippen LogP) is 5.72. The van der Waals surface area contributed by atoms with Crippen LogP contribution in [0.25, 0.3) is 0 Å². The first kappa shape index (κ1) is 28.8. The monoisotopic (exact) mass is 516 g/mol. The van der Waals surface area contributed by atoms with Crippen LogP contribution in [-0.2, 0) is 22.6 Å². The molecule has 0 aliphatic carbocycles. The van der Waals surface area contributed by atoms with Crippen LogP contribution in [0.15, 0.2) is 78.9 Å². The van der Waals surface area contributed by atoms with Crippen LogP contribution in [0.3, 0.4) is 0 Å². The lowest BCUT2D eigenvalue weighted by Crippen LogP contribution is -2.54. The van der Waals surface area contributed by atoms with Gasteiger partial charge in [-0.15, -0.1) is 0 Å². The largest absolute Gasteiger partial charge is 0.497 e. The van der Waals surface area contributed by atoms with Crippen molar-refractivity contribution in [2.24, 2.45) is 0 Å². The maximum atomic E-state index is 13.7. The summed E-state index contributed by atoms with van der Waals surface area (Å²) in [5.41, 5.74) is 2.63. The molecule has 2 amide bonds. The Morgan fingerprint density at radius 2 is 1.58 bits per heavy atom. The fourth-order valence-corrected chi connectivity index (χ4v) is 4.17. The van der Waals surface area contributed by atoms with Crippen molar-refractivity contribution in [1.82, 2.24) is 10.2 Å². The van der Waals surface area contributed by atoms with Gasteiger partial charge in [0.25, 0.3) is 0 Å². The Morgan fingerprint density at radius 3 is 2.24 bits per heavy atom. The summed E-state index contributed by atoms with van der Waals surface area (Å²) in [6.45, 7) is 8.58. The van der Waals surface area contributed by atoms with E-state index in [0.717, 1.165) is 16.9 Å². The van der Waals surface area contributed by atoms with Gasteiger partial charge in [0.15, 0.2) is 0 Å². The van der Waals surface area contributed by atoms with Gasteiger partial charge in [0, 0.05) is 24.9 Å². The van der Waals surface area contributed by atoms with Gasteiger partial charge in [0.2, 0.25) is 11.8 Å². The molecule has 0 bridgehead atoms. The highest BCUT2D eigenvalue weighted by atomic mass is 16.5. The molecule has 0 fully saturated rings. The van der Waals surface area contributed by atoms with E-state index in [1.54, 1.807) is 12.0 Å². The Hall–Kier alpha value is -3.80. The Bertz CT molecular complexity index is 1170. The first-order valence-electron chi connectivity index (χ1n) is 13.1. The number of aryl methyl sites for hydroxylation is 1. The second-order valence-electron chi connectivity index (χ2n) is 10.6. The van der Waals surface area contributed by atoms with Crippen molar-refractivity contribution in [2.75, 3.05) is 13.7 Å². The van der Waals surface area contributed by atoms with Gasteiger partial charge in [-0.2, -0.15) is 0 Å². The normalized spacial score (nSPS) is 11.9. The number of hydrogen-bond donors (Lipinski definition) is 1. The second-order valence-corrected chi connectivity index (χ2v) is 10.6.